The highest BCUT2D eigenvalue weighted by Gasteiger charge is 2.15. The molecular formula is C23H25NO3. The fraction of sp³-hybridized carbons (Fsp3) is 0.217. The molecule has 0 spiro atoms. The van der Waals surface area contributed by atoms with Crippen molar-refractivity contribution in [1.82, 2.24) is 4.90 Å². The lowest BCUT2D eigenvalue weighted by molar-refractivity contribution is 0.0826. The summed E-state index contributed by atoms with van der Waals surface area (Å²) >= 11 is 0. The zero-order chi connectivity index (χ0) is 19.8. The van der Waals surface area contributed by atoms with Gasteiger partial charge in [0.25, 0.3) is 5.91 Å². The number of hydrogen-bond acceptors (Lipinski definition) is 3. The van der Waals surface area contributed by atoms with E-state index in [1.165, 1.54) is 4.90 Å². The largest absolute Gasteiger partial charge is 0.490 e. The molecule has 0 aliphatic heterocycles. The molecule has 0 aliphatic rings. The second-order valence-corrected chi connectivity index (χ2v) is 6.29. The summed E-state index contributed by atoms with van der Waals surface area (Å²) in [5.74, 6) is -0.0385. The Bertz CT molecular complexity index is 848. The van der Waals surface area contributed by atoms with Crippen LogP contribution in [0, 0.1) is 0 Å². The number of carbonyl (C=O) groups excluding carboxylic acids is 2. The van der Waals surface area contributed by atoms with Crippen LogP contribution in [-0.2, 0) is 11.2 Å². The first-order valence-electron chi connectivity index (χ1n) is 8.87. The molecule has 0 fully saturated rings. The monoisotopic (exact) mass is 363 g/mol. The quantitative estimate of drug-likeness (QED) is 0.303. The van der Waals surface area contributed by atoms with Gasteiger partial charge in [0.1, 0.15) is 0 Å². The molecule has 0 unspecified atom stereocenters. The average molecular weight is 363 g/mol. The second kappa shape index (κ2) is 9.53. The van der Waals surface area contributed by atoms with Crippen LogP contribution in [0.2, 0.25) is 0 Å². The predicted octanol–water partition coefficient (Wildman–Crippen LogP) is 4.38. The lowest BCUT2D eigenvalue weighted by Gasteiger charge is -2.11. The highest BCUT2D eigenvalue weighted by molar-refractivity contribution is 6.10. The molecule has 0 N–H and O–H groups in total. The Morgan fingerprint density at radius 3 is 2.33 bits per heavy atom. The van der Waals surface area contributed by atoms with E-state index in [2.05, 4.69) is 6.58 Å². The van der Waals surface area contributed by atoms with E-state index < -0.39 is 0 Å². The molecule has 4 nitrogen and oxygen atoms in total. The van der Waals surface area contributed by atoms with E-state index in [4.69, 9.17) is 4.74 Å². The number of ether oxygens (including phenoxy) is 1. The Labute approximate surface area is 160 Å². The molecule has 0 atom stereocenters. The van der Waals surface area contributed by atoms with E-state index in [0.717, 1.165) is 17.5 Å². The van der Waals surface area contributed by atoms with Crippen LogP contribution in [0.15, 0.2) is 66.9 Å². The topological polar surface area (TPSA) is 46.6 Å². The number of benzene rings is 2. The summed E-state index contributed by atoms with van der Waals surface area (Å²) in [4.78, 5) is 26.3. The molecule has 0 aliphatic carbocycles. The van der Waals surface area contributed by atoms with E-state index in [1.54, 1.807) is 44.4 Å². The molecule has 4 heteroatoms. The number of nitrogens with zero attached hydrogens (tertiary/aromatic N) is 1. The van der Waals surface area contributed by atoms with Gasteiger partial charge in [-0.1, -0.05) is 42.5 Å². The fourth-order valence-electron chi connectivity index (χ4n) is 2.62. The van der Waals surface area contributed by atoms with Gasteiger partial charge in [-0.15, -0.1) is 6.58 Å². The number of carbonyl (C=O) groups is 2. The van der Waals surface area contributed by atoms with E-state index in [0.29, 0.717) is 17.7 Å². The number of allylic oxidation sites excluding steroid dienone is 2. The van der Waals surface area contributed by atoms with Gasteiger partial charge >= 0.3 is 0 Å². The zero-order valence-corrected chi connectivity index (χ0v) is 16.1. The molecular weight excluding hydrogens is 338 g/mol. The molecule has 1 amide bonds. The number of hydrogen-bond donors (Lipinski definition) is 0. The van der Waals surface area contributed by atoms with Gasteiger partial charge in [-0.2, -0.15) is 0 Å². The summed E-state index contributed by atoms with van der Waals surface area (Å²) in [5, 5.41) is 0. The van der Waals surface area contributed by atoms with E-state index >= 15 is 0 Å². The predicted molar refractivity (Wildman–Crippen MR) is 109 cm³/mol. The molecule has 0 saturated carbocycles. The molecule has 27 heavy (non-hydrogen) atoms. The first-order valence-corrected chi connectivity index (χ1v) is 8.87. The minimum absolute atomic E-state index is 0.103. The Morgan fingerprint density at radius 2 is 1.74 bits per heavy atom. The maximum Gasteiger partial charge on any atom is 0.253 e. The van der Waals surface area contributed by atoms with Crippen molar-refractivity contribution < 1.29 is 14.3 Å². The Kier molecular flexibility index (Phi) is 7.12. The Morgan fingerprint density at radius 1 is 1.07 bits per heavy atom. The van der Waals surface area contributed by atoms with Gasteiger partial charge in [0.2, 0.25) is 5.78 Å². The molecule has 0 heterocycles. The smallest absolute Gasteiger partial charge is 0.253 e. The third-order valence-corrected chi connectivity index (χ3v) is 3.95. The van der Waals surface area contributed by atoms with Crippen LogP contribution in [0.1, 0.15) is 38.8 Å². The average Bonchev–Trinajstić information content (AvgIpc) is 2.67. The van der Waals surface area contributed by atoms with Gasteiger partial charge in [-0.3, -0.25) is 9.59 Å². The van der Waals surface area contributed by atoms with Crippen molar-refractivity contribution in [1.29, 1.82) is 0 Å². The maximum absolute atomic E-state index is 12.9. The normalized spacial score (nSPS) is 11.0. The van der Waals surface area contributed by atoms with Crippen LogP contribution in [0.5, 0.6) is 0 Å². The molecule has 0 radical (unpaired) electrons. The number of amides is 1. The van der Waals surface area contributed by atoms with Gasteiger partial charge in [0.15, 0.2) is 5.76 Å². The number of Topliss-reactive ketones (excluding diaryl/α,β-unsaturated/α-hetero) is 1. The van der Waals surface area contributed by atoms with Crippen LogP contribution in [-0.4, -0.2) is 37.3 Å². The second-order valence-electron chi connectivity index (χ2n) is 6.29. The minimum atomic E-state index is -0.213. The SMILES string of the molecule is C=CCc1cccc(C=C(OCC)C(=O)c2ccc(C(=O)N(C)C)cc2)c1. The lowest BCUT2D eigenvalue weighted by atomic mass is 10.0. The molecule has 2 aromatic rings. The Hall–Kier alpha value is -3.14. The van der Waals surface area contributed by atoms with Crippen LogP contribution < -0.4 is 0 Å². The summed E-state index contributed by atoms with van der Waals surface area (Å²) in [5.41, 5.74) is 3.03. The maximum atomic E-state index is 12.9. The molecule has 0 saturated heterocycles. The zero-order valence-electron chi connectivity index (χ0n) is 16.1. The molecule has 0 aromatic heterocycles. The molecule has 0 bridgehead atoms. The van der Waals surface area contributed by atoms with Crippen molar-refractivity contribution in [2.75, 3.05) is 20.7 Å². The van der Waals surface area contributed by atoms with Crippen LogP contribution in [0.4, 0.5) is 0 Å². The number of rotatable bonds is 8. The highest BCUT2D eigenvalue weighted by Crippen LogP contribution is 2.17. The van der Waals surface area contributed by atoms with Gasteiger partial charge < -0.3 is 9.64 Å². The van der Waals surface area contributed by atoms with Gasteiger partial charge in [0.05, 0.1) is 6.61 Å². The summed E-state index contributed by atoms with van der Waals surface area (Å²) in [6.45, 7) is 5.98. The third kappa shape index (κ3) is 5.42. The first kappa shape index (κ1) is 20.2. The fourth-order valence-corrected chi connectivity index (χ4v) is 2.62. The van der Waals surface area contributed by atoms with E-state index in [9.17, 15) is 9.59 Å². The van der Waals surface area contributed by atoms with Crippen molar-refractivity contribution in [3.63, 3.8) is 0 Å². The van der Waals surface area contributed by atoms with Crippen molar-refractivity contribution in [3.05, 3.63) is 89.2 Å². The van der Waals surface area contributed by atoms with Crippen molar-refractivity contribution in [2.45, 2.75) is 13.3 Å². The molecule has 2 rings (SSSR count). The summed E-state index contributed by atoms with van der Waals surface area (Å²) in [6, 6.07) is 14.5. The van der Waals surface area contributed by atoms with Crippen LogP contribution in [0.25, 0.3) is 6.08 Å². The minimum Gasteiger partial charge on any atom is -0.490 e. The highest BCUT2D eigenvalue weighted by atomic mass is 16.5. The van der Waals surface area contributed by atoms with Crippen molar-refractivity contribution in [3.8, 4) is 0 Å². The van der Waals surface area contributed by atoms with E-state index in [-0.39, 0.29) is 17.4 Å². The van der Waals surface area contributed by atoms with E-state index in [1.807, 2.05) is 37.3 Å². The molecule has 140 valence electrons. The summed E-state index contributed by atoms with van der Waals surface area (Å²) < 4.78 is 5.59. The summed E-state index contributed by atoms with van der Waals surface area (Å²) in [6.07, 6.45) is 4.35. The van der Waals surface area contributed by atoms with Gasteiger partial charge in [-0.05, 0) is 42.7 Å². The standard InChI is InChI=1S/C23H25NO3/c1-5-8-17-9-7-10-18(15-17)16-21(27-6-2)22(25)19-11-13-20(14-12-19)23(26)24(3)4/h5,7,9-16H,1,6,8H2,2-4H3. The lowest BCUT2D eigenvalue weighted by Crippen LogP contribution is -2.21. The molecule has 2 aromatic carbocycles. The number of ketones is 1. The van der Waals surface area contributed by atoms with Crippen LogP contribution >= 0.6 is 0 Å². The van der Waals surface area contributed by atoms with Crippen molar-refractivity contribution >= 4 is 17.8 Å². The van der Waals surface area contributed by atoms with Gasteiger partial charge in [-0.25, -0.2) is 0 Å². The Balaban J connectivity index is 2.30. The van der Waals surface area contributed by atoms with Gasteiger partial charge in [0, 0.05) is 25.2 Å². The third-order valence-electron chi connectivity index (χ3n) is 3.95. The summed E-state index contributed by atoms with van der Waals surface area (Å²) in [7, 11) is 3.38. The first-order chi connectivity index (χ1) is 13.0. The van der Waals surface area contributed by atoms with Crippen molar-refractivity contribution in [2.24, 2.45) is 0 Å². The van der Waals surface area contributed by atoms with Crippen LogP contribution in [0.3, 0.4) is 0 Å².